The average Bonchev–Trinajstić information content (AvgIpc) is 2.74. The second kappa shape index (κ2) is 4.47. The zero-order valence-electron chi connectivity index (χ0n) is 11.0. The van der Waals surface area contributed by atoms with Crippen LogP contribution in [0.2, 0.25) is 0 Å². The van der Waals surface area contributed by atoms with Crippen molar-refractivity contribution in [3.63, 3.8) is 0 Å². The van der Waals surface area contributed by atoms with Crippen LogP contribution in [0.1, 0.15) is 59.8 Å². The maximum atomic E-state index is 2.54. The Morgan fingerprint density at radius 2 is 1.80 bits per heavy atom. The molecule has 5 atom stereocenters. The first-order valence-electron chi connectivity index (χ1n) is 7.13. The van der Waals surface area contributed by atoms with E-state index in [1.165, 1.54) is 12.8 Å². The van der Waals surface area contributed by atoms with Gasteiger partial charge in [-0.25, -0.2) is 0 Å². The molecule has 0 aromatic carbocycles. The monoisotopic (exact) mass is 208 g/mol. The fourth-order valence-electron chi connectivity index (χ4n) is 4.64. The van der Waals surface area contributed by atoms with Gasteiger partial charge in [0, 0.05) is 0 Å². The Morgan fingerprint density at radius 1 is 1.13 bits per heavy atom. The highest BCUT2D eigenvalue weighted by Gasteiger charge is 2.47. The summed E-state index contributed by atoms with van der Waals surface area (Å²) in [5, 5.41) is 0. The molecule has 0 aromatic heterocycles. The molecule has 2 rings (SSSR count). The summed E-state index contributed by atoms with van der Waals surface area (Å²) in [7, 11) is 0. The molecular weight excluding hydrogens is 180 g/mol. The fraction of sp³-hybridized carbons (Fsp3) is 1.00. The van der Waals surface area contributed by atoms with Gasteiger partial charge in [-0.3, -0.25) is 0 Å². The molecule has 0 heterocycles. The molecule has 0 heteroatoms. The van der Waals surface area contributed by atoms with Gasteiger partial charge in [0.15, 0.2) is 0 Å². The summed E-state index contributed by atoms with van der Waals surface area (Å²) in [6.07, 6.45) is 7.54. The van der Waals surface area contributed by atoms with Crippen LogP contribution in [0, 0.1) is 35.5 Å². The van der Waals surface area contributed by atoms with Crippen molar-refractivity contribution in [2.75, 3.05) is 0 Å². The minimum Gasteiger partial charge on any atom is -0.0651 e. The maximum absolute atomic E-state index is 2.54. The van der Waals surface area contributed by atoms with E-state index in [9.17, 15) is 0 Å². The lowest BCUT2D eigenvalue weighted by Gasteiger charge is -2.35. The van der Waals surface area contributed by atoms with Crippen molar-refractivity contribution >= 4 is 0 Å². The van der Waals surface area contributed by atoms with Crippen molar-refractivity contribution in [1.82, 2.24) is 0 Å². The van der Waals surface area contributed by atoms with Crippen molar-refractivity contribution < 1.29 is 0 Å². The Morgan fingerprint density at radius 3 is 2.27 bits per heavy atom. The van der Waals surface area contributed by atoms with Crippen LogP contribution in [0.4, 0.5) is 0 Å². The first kappa shape index (κ1) is 11.5. The van der Waals surface area contributed by atoms with Crippen molar-refractivity contribution in [2.45, 2.75) is 59.8 Å². The van der Waals surface area contributed by atoms with Gasteiger partial charge in [-0.05, 0) is 61.2 Å². The van der Waals surface area contributed by atoms with Gasteiger partial charge >= 0.3 is 0 Å². The Balaban J connectivity index is 2.01. The first-order chi connectivity index (χ1) is 7.13. The fourth-order valence-corrected chi connectivity index (χ4v) is 4.64. The summed E-state index contributed by atoms with van der Waals surface area (Å²) in [6.45, 7) is 9.73. The van der Waals surface area contributed by atoms with E-state index in [0.717, 1.165) is 35.5 Å². The Labute approximate surface area is 95.8 Å². The van der Waals surface area contributed by atoms with Crippen molar-refractivity contribution in [2.24, 2.45) is 35.5 Å². The molecule has 0 saturated heterocycles. The third-order valence-corrected chi connectivity index (χ3v) is 5.25. The Hall–Kier alpha value is 0. The topological polar surface area (TPSA) is 0 Å². The third-order valence-electron chi connectivity index (χ3n) is 5.25. The molecule has 5 unspecified atom stereocenters. The van der Waals surface area contributed by atoms with E-state index in [1.54, 1.807) is 19.3 Å². The zero-order valence-corrected chi connectivity index (χ0v) is 11.0. The molecule has 0 amide bonds. The molecule has 0 nitrogen and oxygen atoms in total. The lowest BCUT2D eigenvalue weighted by atomic mass is 9.70. The highest BCUT2D eigenvalue weighted by atomic mass is 14.5. The molecule has 15 heavy (non-hydrogen) atoms. The zero-order chi connectivity index (χ0) is 11.0. The summed E-state index contributed by atoms with van der Waals surface area (Å²) in [5.41, 5.74) is 0. The van der Waals surface area contributed by atoms with E-state index in [2.05, 4.69) is 27.7 Å². The average molecular weight is 208 g/mol. The van der Waals surface area contributed by atoms with Gasteiger partial charge < -0.3 is 0 Å². The van der Waals surface area contributed by atoms with Crippen molar-refractivity contribution in [1.29, 1.82) is 0 Å². The molecule has 0 N–H and O–H groups in total. The minimum atomic E-state index is 0.890. The van der Waals surface area contributed by atoms with Gasteiger partial charge in [0.2, 0.25) is 0 Å². The normalized spacial score (nSPS) is 41.4. The molecule has 2 saturated carbocycles. The van der Waals surface area contributed by atoms with E-state index in [-0.39, 0.29) is 0 Å². The molecule has 0 aliphatic heterocycles. The van der Waals surface area contributed by atoms with Crippen molar-refractivity contribution in [3.05, 3.63) is 0 Å². The van der Waals surface area contributed by atoms with E-state index in [1.807, 2.05) is 0 Å². The standard InChI is InChI=1S/C15H28/c1-5-12(8-10(2)3)15-11(4)13-6-7-14(15)9-13/h10-15H,5-9H2,1-4H3. The molecule has 2 fully saturated rings. The summed E-state index contributed by atoms with van der Waals surface area (Å²) in [5.74, 6) is 6.23. The largest absolute Gasteiger partial charge is 0.0651 e. The molecule has 2 bridgehead atoms. The van der Waals surface area contributed by atoms with E-state index < -0.39 is 0 Å². The van der Waals surface area contributed by atoms with Crippen LogP contribution >= 0.6 is 0 Å². The second-order valence-electron chi connectivity index (χ2n) is 6.57. The Bertz CT molecular complexity index is 204. The van der Waals surface area contributed by atoms with Crippen LogP contribution in [-0.2, 0) is 0 Å². The maximum Gasteiger partial charge on any atom is -0.0329 e. The van der Waals surface area contributed by atoms with Crippen LogP contribution in [0.15, 0.2) is 0 Å². The minimum absolute atomic E-state index is 0.890. The van der Waals surface area contributed by atoms with Gasteiger partial charge in [-0.2, -0.15) is 0 Å². The third kappa shape index (κ3) is 2.10. The summed E-state index contributed by atoms with van der Waals surface area (Å²) < 4.78 is 0. The highest BCUT2D eigenvalue weighted by Crippen LogP contribution is 2.55. The van der Waals surface area contributed by atoms with Crippen LogP contribution < -0.4 is 0 Å². The van der Waals surface area contributed by atoms with Crippen LogP contribution in [-0.4, -0.2) is 0 Å². The van der Waals surface area contributed by atoms with E-state index >= 15 is 0 Å². The molecule has 2 aliphatic carbocycles. The lowest BCUT2D eigenvalue weighted by Crippen LogP contribution is -2.28. The van der Waals surface area contributed by atoms with Crippen LogP contribution in [0.25, 0.3) is 0 Å². The first-order valence-corrected chi connectivity index (χ1v) is 7.13. The molecule has 0 radical (unpaired) electrons. The summed E-state index contributed by atoms with van der Waals surface area (Å²) >= 11 is 0. The smallest absolute Gasteiger partial charge is 0.0329 e. The summed E-state index contributed by atoms with van der Waals surface area (Å²) in [6, 6.07) is 0. The predicted octanol–water partition coefficient (Wildman–Crippen LogP) is 4.74. The van der Waals surface area contributed by atoms with Crippen LogP contribution in [0.3, 0.4) is 0 Å². The second-order valence-corrected chi connectivity index (χ2v) is 6.57. The Kier molecular flexibility index (Phi) is 3.42. The number of rotatable bonds is 4. The van der Waals surface area contributed by atoms with Gasteiger partial charge in [0.25, 0.3) is 0 Å². The van der Waals surface area contributed by atoms with Gasteiger partial charge in [-0.15, -0.1) is 0 Å². The molecule has 2 aliphatic rings. The molecule has 88 valence electrons. The lowest BCUT2D eigenvalue weighted by molar-refractivity contribution is 0.138. The van der Waals surface area contributed by atoms with Gasteiger partial charge in [0.05, 0.1) is 0 Å². The number of hydrogen-bond acceptors (Lipinski definition) is 0. The van der Waals surface area contributed by atoms with Crippen LogP contribution in [0.5, 0.6) is 0 Å². The predicted molar refractivity (Wildman–Crippen MR) is 66.7 cm³/mol. The van der Waals surface area contributed by atoms with Gasteiger partial charge in [0.1, 0.15) is 0 Å². The van der Waals surface area contributed by atoms with Gasteiger partial charge in [-0.1, -0.05) is 34.1 Å². The van der Waals surface area contributed by atoms with Crippen molar-refractivity contribution in [3.8, 4) is 0 Å². The molecule has 0 aromatic rings. The number of hydrogen-bond donors (Lipinski definition) is 0. The number of fused-ring (bicyclic) bond motifs is 2. The van der Waals surface area contributed by atoms with E-state index in [0.29, 0.717) is 0 Å². The quantitative estimate of drug-likeness (QED) is 0.626. The molecular formula is C15H28. The summed E-state index contributed by atoms with van der Waals surface area (Å²) in [4.78, 5) is 0. The SMILES string of the molecule is CCC(CC(C)C)C1C2CCC(C2)C1C. The highest BCUT2D eigenvalue weighted by molar-refractivity contribution is 4.96. The molecule has 0 spiro atoms. The van der Waals surface area contributed by atoms with E-state index in [4.69, 9.17) is 0 Å².